The van der Waals surface area contributed by atoms with Gasteiger partial charge in [0.2, 0.25) is 11.8 Å². The molecule has 0 bridgehead atoms. The highest BCUT2D eigenvalue weighted by atomic mass is 16.5. The normalized spacial score (nSPS) is 25.0. The highest BCUT2D eigenvalue weighted by Crippen LogP contribution is 2.36. The first-order chi connectivity index (χ1) is 13.0. The van der Waals surface area contributed by atoms with E-state index in [1.165, 1.54) is 5.56 Å². The Hall–Kier alpha value is -1.88. The van der Waals surface area contributed by atoms with E-state index in [1.807, 2.05) is 17.0 Å². The Labute approximate surface area is 161 Å². The van der Waals surface area contributed by atoms with Crippen LogP contribution in [0.25, 0.3) is 0 Å². The molecule has 3 aliphatic heterocycles. The first-order valence-corrected chi connectivity index (χ1v) is 10.3. The Morgan fingerprint density at radius 2 is 1.85 bits per heavy atom. The maximum Gasteiger partial charge on any atom is 0.228 e. The summed E-state index contributed by atoms with van der Waals surface area (Å²) in [5.74, 6) is 0.436. The lowest BCUT2D eigenvalue weighted by Crippen LogP contribution is -2.48. The van der Waals surface area contributed by atoms with E-state index < -0.39 is 0 Å². The van der Waals surface area contributed by atoms with Crippen molar-refractivity contribution >= 4 is 17.5 Å². The van der Waals surface area contributed by atoms with Gasteiger partial charge in [0.15, 0.2) is 0 Å². The maximum atomic E-state index is 13.0. The predicted octanol–water partition coefficient (Wildman–Crippen LogP) is 3.33. The quantitative estimate of drug-likeness (QED) is 0.820. The number of ether oxygens (including phenoxy) is 1. The van der Waals surface area contributed by atoms with Crippen LogP contribution in [0, 0.1) is 5.92 Å². The molecule has 0 aromatic heterocycles. The molecule has 2 amide bonds. The Kier molecular flexibility index (Phi) is 4.97. The largest absolute Gasteiger partial charge is 0.375 e. The molecule has 1 spiro atoms. The maximum absolute atomic E-state index is 13.0. The number of piperidine rings is 1. The smallest absolute Gasteiger partial charge is 0.228 e. The lowest BCUT2D eigenvalue weighted by atomic mass is 9.88. The molecular weight excluding hydrogens is 340 g/mol. The minimum absolute atomic E-state index is 0.0203. The first kappa shape index (κ1) is 18.5. The van der Waals surface area contributed by atoms with Crippen LogP contribution < -0.4 is 4.90 Å². The summed E-state index contributed by atoms with van der Waals surface area (Å²) in [7, 11) is 0. The van der Waals surface area contributed by atoms with Crippen molar-refractivity contribution in [2.45, 2.75) is 57.5 Å². The summed E-state index contributed by atoms with van der Waals surface area (Å²) in [6.45, 7) is 7.18. The molecule has 1 aromatic carbocycles. The van der Waals surface area contributed by atoms with Gasteiger partial charge in [-0.15, -0.1) is 0 Å². The van der Waals surface area contributed by atoms with E-state index in [4.69, 9.17) is 4.74 Å². The highest BCUT2D eigenvalue weighted by Gasteiger charge is 2.42. The van der Waals surface area contributed by atoms with E-state index in [9.17, 15) is 9.59 Å². The average Bonchev–Trinajstić information content (AvgIpc) is 3.29. The molecule has 3 fully saturated rings. The highest BCUT2D eigenvalue weighted by molar-refractivity contribution is 6.00. The number of likely N-dealkylation sites (tertiary alicyclic amines) is 1. The van der Waals surface area contributed by atoms with E-state index in [0.717, 1.165) is 51.1 Å². The summed E-state index contributed by atoms with van der Waals surface area (Å²) in [5.41, 5.74) is 2.18. The molecule has 3 heterocycles. The number of carbonyl (C=O) groups excluding carboxylic acids is 2. The second-order valence-electron chi connectivity index (χ2n) is 8.61. The lowest BCUT2D eigenvalue weighted by Gasteiger charge is -2.39. The molecule has 0 radical (unpaired) electrons. The lowest BCUT2D eigenvalue weighted by molar-refractivity contribution is -0.140. The molecule has 146 valence electrons. The van der Waals surface area contributed by atoms with Gasteiger partial charge in [-0.2, -0.15) is 0 Å². The van der Waals surface area contributed by atoms with Gasteiger partial charge >= 0.3 is 0 Å². The van der Waals surface area contributed by atoms with Crippen LogP contribution in [-0.2, 0) is 14.3 Å². The van der Waals surface area contributed by atoms with E-state index in [1.54, 1.807) is 4.90 Å². The van der Waals surface area contributed by atoms with E-state index in [-0.39, 0.29) is 23.3 Å². The van der Waals surface area contributed by atoms with Crippen molar-refractivity contribution in [3.05, 3.63) is 29.8 Å². The number of hydrogen-bond acceptors (Lipinski definition) is 3. The third-order valence-electron chi connectivity index (χ3n) is 6.52. The molecule has 1 unspecified atom stereocenters. The minimum Gasteiger partial charge on any atom is -0.375 e. The van der Waals surface area contributed by atoms with Crippen molar-refractivity contribution < 1.29 is 14.3 Å². The van der Waals surface area contributed by atoms with Crippen molar-refractivity contribution in [2.75, 3.05) is 31.1 Å². The molecule has 0 N–H and O–H groups in total. The molecule has 4 rings (SSSR count). The van der Waals surface area contributed by atoms with Gasteiger partial charge in [0.05, 0.1) is 11.5 Å². The first-order valence-electron chi connectivity index (χ1n) is 10.3. The Morgan fingerprint density at radius 1 is 1.15 bits per heavy atom. The Bertz CT molecular complexity index is 697. The fourth-order valence-corrected chi connectivity index (χ4v) is 4.70. The second kappa shape index (κ2) is 7.27. The number of benzene rings is 1. The van der Waals surface area contributed by atoms with Gasteiger partial charge in [-0.25, -0.2) is 0 Å². The number of amides is 2. The van der Waals surface area contributed by atoms with Gasteiger partial charge < -0.3 is 14.5 Å². The minimum atomic E-state index is -0.221. The van der Waals surface area contributed by atoms with Gasteiger partial charge in [0.25, 0.3) is 0 Å². The number of anilines is 1. The summed E-state index contributed by atoms with van der Waals surface area (Å²) in [4.78, 5) is 29.2. The van der Waals surface area contributed by atoms with Crippen molar-refractivity contribution in [1.82, 2.24) is 4.90 Å². The second-order valence-corrected chi connectivity index (χ2v) is 8.61. The Morgan fingerprint density at radius 3 is 2.44 bits per heavy atom. The molecule has 1 atom stereocenters. The third-order valence-corrected chi connectivity index (χ3v) is 6.52. The molecule has 3 saturated heterocycles. The number of carbonyl (C=O) groups is 2. The van der Waals surface area contributed by atoms with Crippen LogP contribution >= 0.6 is 0 Å². The van der Waals surface area contributed by atoms with Gasteiger partial charge in [-0.3, -0.25) is 9.59 Å². The Balaban J connectivity index is 1.38. The van der Waals surface area contributed by atoms with Crippen LogP contribution in [0.5, 0.6) is 0 Å². The number of rotatable bonds is 3. The van der Waals surface area contributed by atoms with Crippen molar-refractivity contribution in [3.63, 3.8) is 0 Å². The van der Waals surface area contributed by atoms with Crippen molar-refractivity contribution in [2.24, 2.45) is 5.92 Å². The van der Waals surface area contributed by atoms with Crippen molar-refractivity contribution in [1.29, 1.82) is 0 Å². The summed E-state index contributed by atoms with van der Waals surface area (Å²) < 4.78 is 5.95. The van der Waals surface area contributed by atoms with Crippen LogP contribution in [0.1, 0.15) is 57.4 Å². The van der Waals surface area contributed by atoms with Crippen LogP contribution in [0.4, 0.5) is 5.69 Å². The molecule has 1 aromatic rings. The fraction of sp³-hybridized carbons (Fsp3) is 0.636. The molecule has 0 aliphatic carbocycles. The summed E-state index contributed by atoms with van der Waals surface area (Å²) >= 11 is 0. The summed E-state index contributed by atoms with van der Waals surface area (Å²) in [5, 5.41) is 0. The molecule has 5 nitrogen and oxygen atoms in total. The van der Waals surface area contributed by atoms with E-state index >= 15 is 0 Å². The molecule has 0 saturated carbocycles. The van der Waals surface area contributed by atoms with Gasteiger partial charge in [0.1, 0.15) is 0 Å². The van der Waals surface area contributed by atoms with Crippen molar-refractivity contribution in [3.8, 4) is 0 Å². The molecule has 27 heavy (non-hydrogen) atoms. The van der Waals surface area contributed by atoms with Crippen LogP contribution in [0.2, 0.25) is 0 Å². The monoisotopic (exact) mass is 370 g/mol. The molecular formula is C22H30N2O3. The number of nitrogens with zero attached hydrogens (tertiary/aromatic N) is 2. The van der Waals surface area contributed by atoms with Crippen LogP contribution in [0.3, 0.4) is 0 Å². The summed E-state index contributed by atoms with van der Waals surface area (Å²) in [6, 6.07) is 8.16. The van der Waals surface area contributed by atoms with Crippen LogP contribution in [0.15, 0.2) is 24.3 Å². The predicted molar refractivity (Wildman–Crippen MR) is 105 cm³/mol. The van der Waals surface area contributed by atoms with E-state index in [2.05, 4.69) is 26.0 Å². The average molecular weight is 370 g/mol. The van der Waals surface area contributed by atoms with E-state index in [0.29, 0.717) is 18.9 Å². The van der Waals surface area contributed by atoms with Gasteiger partial charge in [0, 0.05) is 38.3 Å². The van der Waals surface area contributed by atoms with Gasteiger partial charge in [-0.05, 0) is 49.3 Å². The zero-order chi connectivity index (χ0) is 19.0. The number of hydrogen-bond donors (Lipinski definition) is 0. The molecule has 3 aliphatic rings. The fourth-order valence-electron chi connectivity index (χ4n) is 4.70. The third kappa shape index (κ3) is 3.62. The standard InChI is InChI=1S/C22H30N2O3/c1-16(2)17-4-6-19(7-5-17)24-15-18(14-20(24)25)21(26)23-11-9-22(10-12-23)8-3-13-27-22/h4-7,16,18H,3,8-15H2,1-2H3. The SMILES string of the molecule is CC(C)c1ccc(N2CC(C(=O)N3CCC4(CCCO4)CC3)CC2=O)cc1. The topological polar surface area (TPSA) is 49.9 Å². The zero-order valence-electron chi connectivity index (χ0n) is 16.4. The molecule has 5 heteroatoms. The van der Waals surface area contributed by atoms with Gasteiger partial charge in [-0.1, -0.05) is 26.0 Å². The van der Waals surface area contributed by atoms with Crippen LogP contribution in [-0.4, -0.2) is 48.6 Å². The summed E-state index contributed by atoms with van der Waals surface area (Å²) in [6.07, 6.45) is 4.44. The zero-order valence-corrected chi connectivity index (χ0v) is 16.4.